The van der Waals surface area contributed by atoms with E-state index in [-0.39, 0.29) is 0 Å². The SMILES string of the molecule is COc1ccccc1-n1nnc(C#N)c1C. The summed E-state index contributed by atoms with van der Waals surface area (Å²) in [6.45, 7) is 1.80. The second-order valence-corrected chi connectivity index (χ2v) is 3.22. The van der Waals surface area contributed by atoms with Gasteiger partial charge in [-0.15, -0.1) is 5.10 Å². The van der Waals surface area contributed by atoms with Gasteiger partial charge in [0.2, 0.25) is 0 Å². The lowest BCUT2D eigenvalue weighted by Gasteiger charge is -2.08. The van der Waals surface area contributed by atoms with E-state index in [9.17, 15) is 0 Å². The Morgan fingerprint density at radius 2 is 2.12 bits per heavy atom. The van der Waals surface area contributed by atoms with E-state index < -0.39 is 0 Å². The average Bonchev–Trinajstić information content (AvgIpc) is 2.70. The van der Waals surface area contributed by atoms with Gasteiger partial charge in [0.1, 0.15) is 17.5 Å². The number of ether oxygens (including phenoxy) is 1. The van der Waals surface area contributed by atoms with E-state index in [1.165, 1.54) is 0 Å². The third-order valence-corrected chi connectivity index (χ3v) is 2.31. The highest BCUT2D eigenvalue weighted by Gasteiger charge is 2.12. The number of aromatic nitrogens is 3. The van der Waals surface area contributed by atoms with Crippen molar-refractivity contribution in [3.8, 4) is 17.5 Å². The van der Waals surface area contributed by atoms with Gasteiger partial charge >= 0.3 is 0 Å². The van der Waals surface area contributed by atoms with E-state index in [0.717, 1.165) is 5.69 Å². The molecule has 80 valence electrons. The summed E-state index contributed by atoms with van der Waals surface area (Å²) < 4.78 is 6.82. The van der Waals surface area contributed by atoms with Crippen molar-refractivity contribution in [3.63, 3.8) is 0 Å². The van der Waals surface area contributed by atoms with Crippen LogP contribution in [-0.2, 0) is 0 Å². The number of nitrogens with zero attached hydrogens (tertiary/aromatic N) is 4. The van der Waals surface area contributed by atoms with Gasteiger partial charge < -0.3 is 4.74 Å². The van der Waals surface area contributed by atoms with Crippen molar-refractivity contribution in [2.75, 3.05) is 7.11 Å². The van der Waals surface area contributed by atoms with Gasteiger partial charge in [-0.3, -0.25) is 0 Å². The molecule has 1 aromatic heterocycles. The molecule has 2 rings (SSSR count). The maximum atomic E-state index is 8.81. The maximum Gasteiger partial charge on any atom is 0.186 e. The molecule has 0 bridgehead atoms. The lowest BCUT2D eigenvalue weighted by molar-refractivity contribution is 0.411. The molecule has 0 unspecified atom stereocenters. The third-order valence-electron chi connectivity index (χ3n) is 2.31. The first kappa shape index (κ1) is 10.2. The first-order valence-electron chi connectivity index (χ1n) is 4.73. The number of benzene rings is 1. The standard InChI is InChI=1S/C11H10N4O/c1-8-9(7-12)13-14-15(8)10-5-3-4-6-11(10)16-2/h3-6H,1-2H3. The average molecular weight is 214 g/mol. The predicted molar refractivity (Wildman–Crippen MR) is 57.4 cm³/mol. The second-order valence-electron chi connectivity index (χ2n) is 3.22. The van der Waals surface area contributed by atoms with E-state index in [1.54, 1.807) is 18.7 Å². The molecule has 0 aliphatic rings. The van der Waals surface area contributed by atoms with Crippen LogP contribution in [0, 0.1) is 18.3 Å². The van der Waals surface area contributed by atoms with Gasteiger partial charge in [0, 0.05) is 0 Å². The van der Waals surface area contributed by atoms with E-state index in [4.69, 9.17) is 10.00 Å². The molecule has 5 nitrogen and oxygen atoms in total. The van der Waals surface area contributed by atoms with Crippen LogP contribution in [0.25, 0.3) is 5.69 Å². The van der Waals surface area contributed by atoms with Gasteiger partial charge in [-0.2, -0.15) is 5.26 Å². The van der Waals surface area contributed by atoms with Gasteiger partial charge in [-0.25, -0.2) is 4.68 Å². The molecule has 16 heavy (non-hydrogen) atoms. The Balaban J connectivity index is 2.59. The second kappa shape index (κ2) is 4.03. The molecule has 0 fully saturated rings. The van der Waals surface area contributed by atoms with Crippen LogP contribution >= 0.6 is 0 Å². The number of nitriles is 1. The zero-order valence-electron chi connectivity index (χ0n) is 9.01. The van der Waals surface area contributed by atoms with E-state index >= 15 is 0 Å². The van der Waals surface area contributed by atoms with E-state index in [0.29, 0.717) is 17.1 Å². The number of hydrogen-bond donors (Lipinski definition) is 0. The van der Waals surface area contributed by atoms with Crippen molar-refractivity contribution >= 4 is 0 Å². The minimum atomic E-state index is 0.325. The van der Waals surface area contributed by atoms with Crippen molar-refractivity contribution in [2.45, 2.75) is 6.92 Å². The number of hydrogen-bond acceptors (Lipinski definition) is 4. The highest BCUT2D eigenvalue weighted by Crippen LogP contribution is 2.22. The Hall–Kier alpha value is -2.35. The smallest absolute Gasteiger partial charge is 0.186 e. The monoisotopic (exact) mass is 214 g/mol. The zero-order chi connectivity index (χ0) is 11.5. The molecule has 0 aliphatic carbocycles. The molecule has 1 heterocycles. The quantitative estimate of drug-likeness (QED) is 0.759. The fourth-order valence-corrected chi connectivity index (χ4v) is 1.47. The summed E-state index contributed by atoms with van der Waals surface area (Å²) in [7, 11) is 1.59. The molecule has 0 atom stereocenters. The van der Waals surface area contributed by atoms with E-state index in [2.05, 4.69) is 10.3 Å². The van der Waals surface area contributed by atoms with Crippen molar-refractivity contribution in [1.82, 2.24) is 15.0 Å². The third kappa shape index (κ3) is 1.50. The van der Waals surface area contributed by atoms with Crippen molar-refractivity contribution in [3.05, 3.63) is 35.7 Å². The van der Waals surface area contributed by atoms with Crippen molar-refractivity contribution < 1.29 is 4.74 Å². The highest BCUT2D eigenvalue weighted by atomic mass is 16.5. The van der Waals surface area contributed by atoms with Crippen LogP contribution in [-0.4, -0.2) is 22.1 Å². The Morgan fingerprint density at radius 3 is 2.75 bits per heavy atom. The maximum absolute atomic E-state index is 8.81. The Morgan fingerprint density at radius 1 is 1.38 bits per heavy atom. The van der Waals surface area contributed by atoms with Gasteiger partial charge in [0.05, 0.1) is 12.8 Å². The Labute approximate surface area is 92.9 Å². The molecular weight excluding hydrogens is 204 g/mol. The molecule has 0 aliphatic heterocycles. The van der Waals surface area contributed by atoms with Gasteiger partial charge in [-0.05, 0) is 19.1 Å². The molecule has 0 amide bonds. The van der Waals surface area contributed by atoms with Crippen LogP contribution in [0.15, 0.2) is 24.3 Å². The minimum Gasteiger partial charge on any atom is -0.494 e. The molecule has 1 aromatic carbocycles. The zero-order valence-corrected chi connectivity index (χ0v) is 9.01. The summed E-state index contributed by atoms with van der Waals surface area (Å²) in [4.78, 5) is 0. The van der Waals surface area contributed by atoms with Crippen molar-refractivity contribution in [2.24, 2.45) is 0 Å². The highest BCUT2D eigenvalue weighted by molar-refractivity contribution is 5.47. The summed E-state index contributed by atoms with van der Waals surface area (Å²) >= 11 is 0. The summed E-state index contributed by atoms with van der Waals surface area (Å²) in [5, 5.41) is 16.5. The summed E-state index contributed by atoms with van der Waals surface area (Å²) in [5.41, 5.74) is 1.80. The molecule has 5 heteroatoms. The molecule has 0 N–H and O–H groups in total. The normalized spacial score (nSPS) is 9.81. The number of para-hydroxylation sites is 2. The predicted octanol–water partition coefficient (Wildman–Crippen LogP) is 1.46. The van der Waals surface area contributed by atoms with Crippen molar-refractivity contribution in [1.29, 1.82) is 5.26 Å². The van der Waals surface area contributed by atoms with Gasteiger partial charge in [0.25, 0.3) is 0 Å². The molecule has 0 spiro atoms. The Kier molecular flexibility index (Phi) is 2.56. The van der Waals surface area contributed by atoms with Crippen LogP contribution in [0.4, 0.5) is 0 Å². The van der Waals surface area contributed by atoms with Gasteiger partial charge in [0.15, 0.2) is 5.69 Å². The summed E-state index contributed by atoms with van der Waals surface area (Å²) in [6.07, 6.45) is 0. The molecule has 0 saturated heterocycles. The van der Waals surface area contributed by atoms with Crippen LogP contribution in [0.2, 0.25) is 0 Å². The summed E-state index contributed by atoms with van der Waals surface area (Å²) in [6, 6.07) is 9.44. The summed E-state index contributed by atoms with van der Waals surface area (Å²) in [5.74, 6) is 0.694. The van der Waals surface area contributed by atoms with E-state index in [1.807, 2.05) is 30.3 Å². The first-order valence-corrected chi connectivity index (χ1v) is 4.73. The largest absolute Gasteiger partial charge is 0.494 e. The lowest BCUT2D eigenvalue weighted by atomic mass is 10.3. The molecule has 2 aromatic rings. The lowest BCUT2D eigenvalue weighted by Crippen LogP contribution is -2.01. The van der Waals surface area contributed by atoms with Crippen LogP contribution < -0.4 is 4.74 Å². The number of rotatable bonds is 2. The van der Waals surface area contributed by atoms with Gasteiger partial charge in [-0.1, -0.05) is 17.3 Å². The molecule has 0 radical (unpaired) electrons. The topological polar surface area (TPSA) is 63.7 Å². The number of methoxy groups -OCH3 is 1. The molecule has 0 saturated carbocycles. The van der Waals surface area contributed by atoms with Crippen LogP contribution in [0.5, 0.6) is 5.75 Å². The Bertz CT molecular complexity index is 553. The molecular formula is C11H10N4O. The van der Waals surface area contributed by atoms with Crippen LogP contribution in [0.3, 0.4) is 0 Å². The fraction of sp³-hybridized carbons (Fsp3) is 0.182. The van der Waals surface area contributed by atoms with Crippen LogP contribution in [0.1, 0.15) is 11.4 Å². The fourth-order valence-electron chi connectivity index (χ4n) is 1.47. The first-order chi connectivity index (χ1) is 7.77. The minimum absolute atomic E-state index is 0.325.